The second-order valence-electron chi connectivity index (χ2n) is 10.4. The Bertz CT molecular complexity index is 1540. The maximum atomic E-state index is 13.5. The Morgan fingerprint density at radius 3 is 2.39 bits per heavy atom. The van der Waals surface area contributed by atoms with Crippen LogP contribution in [0, 0.1) is 18.7 Å². The highest BCUT2D eigenvalue weighted by molar-refractivity contribution is 5.83. The van der Waals surface area contributed by atoms with Gasteiger partial charge in [0.2, 0.25) is 0 Å². The third-order valence-electron chi connectivity index (χ3n) is 8.34. The van der Waals surface area contributed by atoms with Gasteiger partial charge in [-0.25, -0.2) is 9.07 Å². The number of aryl methyl sites for hydroxylation is 1. The quantitative estimate of drug-likeness (QED) is 0.285. The van der Waals surface area contributed by atoms with E-state index >= 15 is 0 Å². The molecule has 0 bridgehead atoms. The molecule has 4 aromatic carbocycles. The number of nitrogens with zero attached hydrogens (tertiary/aromatic N) is 3. The highest BCUT2D eigenvalue weighted by Gasteiger charge is 2.70. The second-order valence-corrected chi connectivity index (χ2v) is 10.4. The number of piperidine rings is 1. The number of likely N-dealkylation sites (tertiary alicyclic amines) is 1. The van der Waals surface area contributed by atoms with Gasteiger partial charge in [0, 0.05) is 36.4 Å². The molecule has 0 radical (unpaired) electrons. The van der Waals surface area contributed by atoms with Gasteiger partial charge in [-0.2, -0.15) is 5.10 Å². The number of hydrogen-bond donors (Lipinski definition) is 0. The molecule has 0 unspecified atom stereocenters. The molecule has 0 N–H and O–H groups in total. The first-order chi connectivity index (χ1) is 17.6. The van der Waals surface area contributed by atoms with Crippen molar-refractivity contribution in [2.24, 2.45) is 5.92 Å². The van der Waals surface area contributed by atoms with Crippen LogP contribution in [0.15, 0.2) is 103 Å². The molecule has 0 spiro atoms. The number of fused-ring (bicyclic) bond motifs is 2. The van der Waals surface area contributed by atoms with Crippen molar-refractivity contribution in [2.45, 2.75) is 24.8 Å². The maximum absolute atomic E-state index is 13.5. The van der Waals surface area contributed by atoms with Crippen molar-refractivity contribution in [3.05, 3.63) is 131 Å². The lowest BCUT2D eigenvalue weighted by Gasteiger charge is -2.26. The van der Waals surface area contributed by atoms with Crippen molar-refractivity contribution in [1.29, 1.82) is 0 Å². The van der Waals surface area contributed by atoms with Gasteiger partial charge in [-0.1, -0.05) is 60.7 Å². The molecule has 2 heterocycles. The van der Waals surface area contributed by atoms with Crippen molar-refractivity contribution < 1.29 is 4.39 Å². The van der Waals surface area contributed by atoms with Crippen molar-refractivity contribution in [3.63, 3.8) is 0 Å². The van der Waals surface area contributed by atoms with Crippen molar-refractivity contribution in [2.75, 3.05) is 13.1 Å². The van der Waals surface area contributed by atoms with Gasteiger partial charge in [-0.15, -0.1) is 0 Å². The molecule has 1 saturated heterocycles. The number of hydrogen-bond acceptors (Lipinski definition) is 2. The molecule has 1 aliphatic heterocycles. The molecule has 7 rings (SSSR count). The Kier molecular flexibility index (Phi) is 4.87. The largest absolute Gasteiger partial charge is 0.298 e. The molecule has 1 saturated carbocycles. The number of benzene rings is 4. The molecule has 178 valence electrons. The molecule has 3 nitrogen and oxygen atoms in total. The smallest absolute Gasteiger partial charge is 0.123 e. The monoisotopic (exact) mass is 473 g/mol. The van der Waals surface area contributed by atoms with Crippen LogP contribution in [0.25, 0.3) is 16.6 Å². The van der Waals surface area contributed by atoms with Crippen LogP contribution in [0.4, 0.5) is 4.39 Å². The molecule has 2 aliphatic rings. The van der Waals surface area contributed by atoms with E-state index in [1.165, 1.54) is 34.4 Å². The van der Waals surface area contributed by atoms with Crippen LogP contribution in [-0.4, -0.2) is 27.8 Å². The molecular weight excluding hydrogens is 445 g/mol. The van der Waals surface area contributed by atoms with E-state index in [4.69, 9.17) is 0 Å². The molecule has 1 aromatic heterocycles. The van der Waals surface area contributed by atoms with Crippen LogP contribution < -0.4 is 0 Å². The van der Waals surface area contributed by atoms with Gasteiger partial charge in [0.15, 0.2) is 0 Å². The number of rotatable bonds is 5. The lowest BCUT2D eigenvalue weighted by atomic mass is 9.86. The fourth-order valence-corrected chi connectivity index (χ4v) is 6.79. The Hall–Kier alpha value is -3.76. The van der Waals surface area contributed by atoms with E-state index in [9.17, 15) is 4.39 Å². The molecular formula is C32H28FN3. The second kappa shape index (κ2) is 8.14. The van der Waals surface area contributed by atoms with Gasteiger partial charge in [0.05, 0.1) is 17.4 Å². The fraction of sp³-hybridized carbons (Fsp3) is 0.219. The summed E-state index contributed by atoms with van der Waals surface area (Å²) in [5, 5.41) is 5.80. The maximum Gasteiger partial charge on any atom is 0.123 e. The Balaban J connectivity index is 1.29. The van der Waals surface area contributed by atoms with E-state index in [1.54, 1.807) is 12.1 Å². The molecule has 36 heavy (non-hydrogen) atoms. The Labute approximate surface area is 210 Å². The van der Waals surface area contributed by atoms with E-state index in [-0.39, 0.29) is 11.2 Å². The highest BCUT2D eigenvalue weighted by Crippen LogP contribution is 2.69. The Morgan fingerprint density at radius 1 is 0.917 bits per heavy atom. The Morgan fingerprint density at radius 2 is 1.64 bits per heavy atom. The predicted octanol–water partition coefficient (Wildman–Crippen LogP) is 6.64. The van der Waals surface area contributed by atoms with Crippen LogP contribution in [0.1, 0.15) is 28.2 Å². The summed E-state index contributed by atoms with van der Waals surface area (Å²) in [5.41, 5.74) is 7.62. The van der Waals surface area contributed by atoms with E-state index in [2.05, 4.69) is 89.7 Å². The van der Waals surface area contributed by atoms with Gasteiger partial charge >= 0.3 is 0 Å². The average Bonchev–Trinajstić information content (AvgIpc) is 3.15. The number of halogens is 1. The van der Waals surface area contributed by atoms with Gasteiger partial charge in [-0.3, -0.25) is 4.90 Å². The predicted molar refractivity (Wildman–Crippen MR) is 142 cm³/mol. The zero-order valence-electron chi connectivity index (χ0n) is 20.3. The summed E-state index contributed by atoms with van der Waals surface area (Å²) in [7, 11) is 0. The fourth-order valence-electron chi connectivity index (χ4n) is 6.79. The summed E-state index contributed by atoms with van der Waals surface area (Å²) >= 11 is 0. The topological polar surface area (TPSA) is 21.1 Å². The SMILES string of the molecule is Cc1cc2c(cnn2-c2ccc(F)cc2)cc1[C@]12CN(Cc3ccccc3)C[C@H]1[C@@H]2c1ccccc1. The lowest BCUT2D eigenvalue weighted by molar-refractivity contribution is 0.282. The molecule has 2 fully saturated rings. The van der Waals surface area contributed by atoms with Gasteiger partial charge in [0.25, 0.3) is 0 Å². The first-order valence-corrected chi connectivity index (χ1v) is 12.7. The molecule has 5 aromatic rings. The van der Waals surface area contributed by atoms with E-state index < -0.39 is 0 Å². The normalized spacial score (nSPS) is 23.2. The first kappa shape index (κ1) is 21.5. The van der Waals surface area contributed by atoms with Crippen LogP contribution in [0.5, 0.6) is 0 Å². The van der Waals surface area contributed by atoms with E-state index in [0.717, 1.165) is 36.2 Å². The first-order valence-electron chi connectivity index (χ1n) is 12.7. The van der Waals surface area contributed by atoms with Crippen LogP contribution in [0.3, 0.4) is 0 Å². The minimum absolute atomic E-state index is 0.117. The summed E-state index contributed by atoms with van der Waals surface area (Å²) in [6.07, 6.45) is 1.95. The van der Waals surface area contributed by atoms with E-state index in [0.29, 0.717) is 11.8 Å². The van der Waals surface area contributed by atoms with Crippen molar-refractivity contribution >= 4 is 10.9 Å². The summed E-state index contributed by atoms with van der Waals surface area (Å²) < 4.78 is 15.4. The summed E-state index contributed by atoms with van der Waals surface area (Å²) in [5.74, 6) is 0.904. The zero-order valence-corrected chi connectivity index (χ0v) is 20.3. The number of aromatic nitrogens is 2. The molecule has 1 aliphatic carbocycles. The third-order valence-corrected chi connectivity index (χ3v) is 8.34. The minimum atomic E-state index is -0.235. The van der Waals surface area contributed by atoms with Crippen LogP contribution in [0.2, 0.25) is 0 Å². The van der Waals surface area contributed by atoms with E-state index in [1.807, 2.05) is 10.9 Å². The minimum Gasteiger partial charge on any atom is -0.298 e. The lowest BCUT2D eigenvalue weighted by Crippen LogP contribution is -2.29. The summed E-state index contributed by atoms with van der Waals surface area (Å²) in [6, 6.07) is 33.0. The van der Waals surface area contributed by atoms with Gasteiger partial charge in [0.1, 0.15) is 5.82 Å². The van der Waals surface area contributed by atoms with Gasteiger partial charge in [-0.05, 0) is 71.5 Å². The third kappa shape index (κ3) is 3.32. The standard InChI is InChI=1S/C32H28FN3/c1-22-16-30-25(18-34-36(30)27-14-12-26(33)13-15-27)17-28(22)32-21-35(19-23-8-4-2-5-9-23)20-29(32)31(32)24-10-6-3-7-11-24/h2-18,29,31H,19-21H2,1H3/t29-,31-,32+/m0/s1. The summed E-state index contributed by atoms with van der Waals surface area (Å²) in [6.45, 7) is 5.40. The molecule has 0 amide bonds. The van der Waals surface area contributed by atoms with Crippen LogP contribution >= 0.6 is 0 Å². The van der Waals surface area contributed by atoms with Crippen molar-refractivity contribution in [3.8, 4) is 5.69 Å². The molecule has 4 heteroatoms. The average molecular weight is 474 g/mol. The van der Waals surface area contributed by atoms with Crippen molar-refractivity contribution in [1.82, 2.24) is 14.7 Å². The van der Waals surface area contributed by atoms with Gasteiger partial charge < -0.3 is 0 Å². The summed E-state index contributed by atoms with van der Waals surface area (Å²) in [4.78, 5) is 2.63. The van der Waals surface area contributed by atoms with Crippen LogP contribution in [-0.2, 0) is 12.0 Å². The zero-order chi connectivity index (χ0) is 24.3. The highest BCUT2D eigenvalue weighted by atomic mass is 19.1. The molecule has 3 atom stereocenters.